The Labute approximate surface area is 175 Å². The molecule has 8 heteroatoms. The summed E-state index contributed by atoms with van der Waals surface area (Å²) in [4.78, 5) is 18.9. The van der Waals surface area contributed by atoms with Gasteiger partial charge in [0.15, 0.2) is 0 Å². The van der Waals surface area contributed by atoms with E-state index in [9.17, 15) is 9.90 Å². The standard InChI is InChI=1S/C22H15ClN4O3/c1-27-19-10-14(30-13-4-2-3-12(23)9-13)5-6-15(19)21(26-27)18-11-17-20(25-18)16(22(28)29)7-8-24-17/h2-11,25H,1H3,(H,28,29). The van der Waals surface area contributed by atoms with E-state index in [4.69, 9.17) is 16.3 Å². The van der Waals surface area contributed by atoms with E-state index in [1.165, 1.54) is 12.3 Å². The highest BCUT2D eigenvalue weighted by Gasteiger charge is 2.17. The quantitative estimate of drug-likeness (QED) is 0.415. The number of aromatic nitrogens is 4. The number of halogens is 1. The highest BCUT2D eigenvalue weighted by molar-refractivity contribution is 6.30. The number of aryl methyl sites for hydroxylation is 1. The summed E-state index contributed by atoms with van der Waals surface area (Å²) in [5.74, 6) is 0.294. The van der Waals surface area contributed by atoms with E-state index in [0.29, 0.717) is 38.9 Å². The molecule has 0 saturated carbocycles. The lowest BCUT2D eigenvalue weighted by Gasteiger charge is -2.06. The fourth-order valence-corrected chi connectivity index (χ4v) is 3.68. The van der Waals surface area contributed by atoms with E-state index >= 15 is 0 Å². The monoisotopic (exact) mass is 418 g/mol. The van der Waals surface area contributed by atoms with Crippen LogP contribution in [0.15, 0.2) is 60.8 Å². The summed E-state index contributed by atoms with van der Waals surface area (Å²) in [6.45, 7) is 0. The minimum Gasteiger partial charge on any atom is -0.478 e. The van der Waals surface area contributed by atoms with Gasteiger partial charge in [0.25, 0.3) is 0 Å². The van der Waals surface area contributed by atoms with E-state index in [1.54, 1.807) is 22.9 Å². The second-order valence-electron chi connectivity index (χ2n) is 6.82. The van der Waals surface area contributed by atoms with Crippen LogP contribution in [-0.2, 0) is 7.05 Å². The van der Waals surface area contributed by atoms with Gasteiger partial charge >= 0.3 is 5.97 Å². The molecule has 30 heavy (non-hydrogen) atoms. The number of benzene rings is 2. The van der Waals surface area contributed by atoms with Crippen molar-refractivity contribution in [3.63, 3.8) is 0 Å². The molecule has 0 fully saturated rings. The van der Waals surface area contributed by atoms with Gasteiger partial charge in [0, 0.05) is 29.7 Å². The number of carboxylic acid groups (broad SMARTS) is 1. The first-order valence-corrected chi connectivity index (χ1v) is 9.49. The summed E-state index contributed by atoms with van der Waals surface area (Å²) < 4.78 is 7.68. The average Bonchev–Trinajstić information content (AvgIpc) is 3.29. The van der Waals surface area contributed by atoms with Crippen LogP contribution in [0.3, 0.4) is 0 Å². The van der Waals surface area contributed by atoms with Crippen LogP contribution in [0.25, 0.3) is 33.3 Å². The van der Waals surface area contributed by atoms with E-state index < -0.39 is 5.97 Å². The Morgan fingerprint density at radius 2 is 1.97 bits per heavy atom. The number of fused-ring (bicyclic) bond motifs is 2. The number of aromatic amines is 1. The van der Waals surface area contributed by atoms with E-state index in [2.05, 4.69) is 15.1 Å². The summed E-state index contributed by atoms with van der Waals surface area (Å²) in [6.07, 6.45) is 1.49. The van der Waals surface area contributed by atoms with Crippen LogP contribution >= 0.6 is 11.6 Å². The van der Waals surface area contributed by atoms with Crippen LogP contribution in [0.2, 0.25) is 5.02 Å². The highest BCUT2D eigenvalue weighted by Crippen LogP contribution is 2.33. The molecule has 0 aliphatic heterocycles. The Kier molecular flexibility index (Phi) is 4.18. The van der Waals surface area contributed by atoms with Crippen molar-refractivity contribution in [3.8, 4) is 22.9 Å². The van der Waals surface area contributed by atoms with Crippen molar-refractivity contribution in [1.82, 2.24) is 19.7 Å². The van der Waals surface area contributed by atoms with Gasteiger partial charge in [-0.25, -0.2) is 4.79 Å². The smallest absolute Gasteiger partial charge is 0.337 e. The number of carbonyl (C=O) groups is 1. The molecule has 0 unspecified atom stereocenters. The highest BCUT2D eigenvalue weighted by atomic mass is 35.5. The molecule has 0 bridgehead atoms. The second kappa shape index (κ2) is 6.89. The molecule has 2 aromatic carbocycles. The maximum absolute atomic E-state index is 11.5. The maximum Gasteiger partial charge on any atom is 0.337 e. The Morgan fingerprint density at radius 3 is 2.77 bits per heavy atom. The molecule has 0 aliphatic rings. The Balaban J connectivity index is 1.59. The topological polar surface area (TPSA) is 93.0 Å². The largest absolute Gasteiger partial charge is 0.478 e. The molecular formula is C22H15ClN4O3. The van der Waals surface area contributed by atoms with Crippen LogP contribution < -0.4 is 4.74 Å². The number of carboxylic acids is 1. The van der Waals surface area contributed by atoms with Crippen molar-refractivity contribution in [2.24, 2.45) is 7.05 Å². The lowest BCUT2D eigenvalue weighted by Crippen LogP contribution is -1.97. The predicted octanol–water partition coefficient (Wildman–Crippen LogP) is 5.26. The normalized spacial score (nSPS) is 11.3. The fourth-order valence-electron chi connectivity index (χ4n) is 3.50. The molecule has 3 aromatic heterocycles. The summed E-state index contributed by atoms with van der Waals surface area (Å²) in [7, 11) is 1.85. The van der Waals surface area contributed by atoms with E-state index in [1.807, 2.05) is 37.4 Å². The first kappa shape index (κ1) is 18.2. The molecule has 148 valence electrons. The molecule has 3 heterocycles. The number of nitrogens with one attached hydrogen (secondary N) is 1. The Morgan fingerprint density at radius 1 is 1.13 bits per heavy atom. The molecular weight excluding hydrogens is 404 g/mol. The Bertz CT molecular complexity index is 1440. The van der Waals surface area contributed by atoms with Crippen LogP contribution in [0, 0.1) is 0 Å². The Hall–Kier alpha value is -3.84. The predicted molar refractivity (Wildman–Crippen MR) is 114 cm³/mol. The molecule has 7 nitrogen and oxygen atoms in total. The van der Waals surface area contributed by atoms with E-state index in [0.717, 1.165) is 10.9 Å². The van der Waals surface area contributed by atoms with Crippen molar-refractivity contribution in [2.45, 2.75) is 0 Å². The van der Waals surface area contributed by atoms with Gasteiger partial charge in [-0.2, -0.15) is 5.10 Å². The van der Waals surface area contributed by atoms with Gasteiger partial charge in [0.05, 0.1) is 27.8 Å². The molecule has 2 N–H and O–H groups in total. The summed E-state index contributed by atoms with van der Waals surface area (Å²) in [6, 6.07) is 16.2. The molecule has 0 aliphatic carbocycles. The number of aromatic carboxylic acids is 1. The van der Waals surface area contributed by atoms with Crippen LogP contribution in [-0.4, -0.2) is 30.8 Å². The van der Waals surface area contributed by atoms with Crippen LogP contribution in [0.4, 0.5) is 0 Å². The third-order valence-electron chi connectivity index (χ3n) is 4.86. The van der Waals surface area contributed by atoms with Gasteiger partial charge < -0.3 is 14.8 Å². The number of pyridine rings is 1. The molecule has 0 saturated heterocycles. The van der Waals surface area contributed by atoms with Gasteiger partial charge in [0.1, 0.15) is 17.2 Å². The van der Waals surface area contributed by atoms with Crippen molar-refractivity contribution in [3.05, 3.63) is 71.4 Å². The molecule has 5 aromatic rings. The number of ether oxygens (including phenoxy) is 1. The number of nitrogens with zero attached hydrogens (tertiary/aromatic N) is 3. The van der Waals surface area contributed by atoms with Crippen molar-refractivity contribution in [1.29, 1.82) is 0 Å². The van der Waals surface area contributed by atoms with Crippen LogP contribution in [0.1, 0.15) is 10.4 Å². The fraction of sp³-hybridized carbons (Fsp3) is 0.0455. The third-order valence-corrected chi connectivity index (χ3v) is 5.10. The number of hydrogen-bond acceptors (Lipinski definition) is 4. The van der Waals surface area contributed by atoms with Gasteiger partial charge in [-0.3, -0.25) is 9.67 Å². The van der Waals surface area contributed by atoms with Crippen molar-refractivity contribution < 1.29 is 14.6 Å². The zero-order chi connectivity index (χ0) is 20.8. The summed E-state index contributed by atoms with van der Waals surface area (Å²) >= 11 is 6.03. The molecule has 0 spiro atoms. The van der Waals surface area contributed by atoms with E-state index in [-0.39, 0.29) is 5.56 Å². The molecule has 0 amide bonds. The lowest BCUT2D eigenvalue weighted by atomic mass is 10.1. The van der Waals surface area contributed by atoms with Gasteiger partial charge in [-0.05, 0) is 42.5 Å². The number of hydrogen-bond donors (Lipinski definition) is 2. The molecule has 0 radical (unpaired) electrons. The molecule has 0 atom stereocenters. The maximum atomic E-state index is 11.5. The second-order valence-corrected chi connectivity index (χ2v) is 7.25. The minimum absolute atomic E-state index is 0.170. The van der Waals surface area contributed by atoms with Gasteiger partial charge in [-0.15, -0.1) is 0 Å². The van der Waals surface area contributed by atoms with Crippen LogP contribution in [0.5, 0.6) is 11.5 Å². The molecule has 5 rings (SSSR count). The average molecular weight is 419 g/mol. The third kappa shape index (κ3) is 3.05. The van der Waals surface area contributed by atoms with Gasteiger partial charge in [0.2, 0.25) is 0 Å². The zero-order valence-corrected chi connectivity index (χ0v) is 16.5. The number of rotatable bonds is 4. The first-order chi connectivity index (χ1) is 14.5. The zero-order valence-electron chi connectivity index (χ0n) is 15.8. The minimum atomic E-state index is -1.01. The number of H-pyrrole nitrogens is 1. The van der Waals surface area contributed by atoms with Crippen molar-refractivity contribution >= 4 is 39.5 Å². The summed E-state index contributed by atoms with van der Waals surface area (Å²) in [5.41, 5.74) is 3.49. The van der Waals surface area contributed by atoms with Gasteiger partial charge in [-0.1, -0.05) is 17.7 Å². The SMILES string of the molecule is Cn1nc(-c2cc3nccc(C(=O)O)c3[nH]2)c2ccc(Oc3cccc(Cl)c3)cc21. The summed E-state index contributed by atoms with van der Waals surface area (Å²) in [5, 5.41) is 15.5. The lowest BCUT2D eigenvalue weighted by molar-refractivity contribution is 0.0698. The first-order valence-electron chi connectivity index (χ1n) is 9.11. The van der Waals surface area contributed by atoms with Crippen molar-refractivity contribution in [2.75, 3.05) is 0 Å².